The first-order chi connectivity index (χ1) is 19.1. The maximum absolute atomic E-state index is 13.0. The van der Waals surface area contributed by atoms with E-state index < -0.39 is 35.4 Å². The first-order valence-corrected chi connectivity index (χ1v) is 11.9. The van der Waals surface area contributed by atoms with Crippen LogP contribution in [0, 0.1) is 11.3 Å². The molecule has 8 nitrogen and oxygen atoms in total. The quantitative estimate of drug-likeness (QED) is 0.244. The topological polar surface area (TPSA) is 136 Å². The third-order valence-corrected chi connectivity index (χ3v) is 5.86. The van der Waals surface area contributed by atoms with Gasteiger partial charge in [0.2, 0.25) is 0 Å². The van der Waals surface area contributed by atoms with Crippen LogP contribution in [0.5, 0.6) is 17.2 Å². The number of phenols is 1. The molecule has 1 heterocycles. The van der Waals surface area contributed by atoms with E-state index in [1.807, 2.05) is 0 Å². The van der Waals surface area contributed by atoms with Gasteiger partial charge in [-0.15, -0.1) is 0 Å². The highest BCUT2D eigenvalue weighted by Crippen LogP contribution is 2.35. The maximum atomic E-state index is 13.0. The number of carbonyl (C=O) groups is 1. The highest BCUT2D eigenvalue weighted by atomic mass is 19.4. The van der Waals surface area contributed by atoms with Crippen LogP contribution in [0.1, 0.15) is 33.3 Å². The molecule has 1 amide bonds. The Bertz CT molecular complexity index is 1550. The number of amides is 1. The van der Waals surface area contributed by atoms with Crippen molar-refractivity contribution in [3.05, 3.63) is 107 Å². The summed E-state index contributed by atoms with van der Waals surface area (Å²) in [6, 6.07) is 21.6. The highest BCUT2D eigenvalue weighted by Gasteiger charge is 2.33. The Morgan fingerprint density at radius 2 is 1.68 bits per heavy atom. The van der Waals surface area contributed by atoms with Gasteiger partial charge in [-0.1, -0.05) is 18.2 Å². The second-order valence-electron chi connectivity index (χ2n) is 8.63. The molecule has 1 aromatic heterocycles. The van der Waals surface area contributed by atoms with Crippen LogP contribution < -0.4 is 10.1 Å². The number of para-hydroxylation sites is 1. The van der Waals surface area contributed by atoms with E-state index in [0.717, 1.165) is 18.2 Å². The summed E-state index contributed by atoms with van der Waals surface area (Å²) in [7, 11) is 0. The zero-order valence-corrected chi connectivity index (χ0v) is 20.6. The number of alkyl halides is 3. The molecule has 4 aromatic rings. The molecule has 0 radical (unpaired) electrons. The Balaban J connectivity index is 1.42. The molecule has 0 saturated heterocycles. The van der Waals surface area contributed by atoms with E-state index in [2.05, 4.69) is 10.3 Å². The molecular formula is C29H22F3N3O5. The Morgan fingerprint density at radius 3 is 2.35 bits per heavy atom. The van der Waals surface area contributed by atoms with E-state index in [9.17, 15) is 33.3 Å². The zero-order chi connectivity index (χ0) is 28.9. The molecule has 0 spiro atoms. The van der Waals surface area contributed by atoms with E-state index in [0.29, 0.717) is 17.0 Å². The number of carbonyl (C=O) groups excluding carboxylic acids is 1. The van der Waals surface area contributed by atoms with Crippen LogP contribution in [0.2, 0.25) is 0 Å². The van der Waals surface area contributed by atoms with Crippen molar-refractivity contribution < 1.29 is 38.0 Å². The molecule has 2 atom stereocenters. The second-order valence-corrected chi connectivity index (χ2v) is 8.63. The van der Waals surface area contributed by atoms with E-state index in [1.54, 1.807) is 48.5 Å². The normalized spacial score (nSPS) is 12.7. The van der Waals surface area contributed by atoms with Gasteiger partial charge >= 0.3 is 6.18 Å². The predicted octanol–water partition coefficient (Wildman–Crippen LogP) is 4.96. The number of aliphatic hydroxyl groups excluding tert-OH is 2. The van der Waals surface area contributed by atoms with Gasteiger partial charge in [-0.2, -0.15) is 18.4 Å². The molecule has 0 bridgehead atoms. The number of aromatic hydroxyl groups is 1. The van der Waals surface area contributed by atoms with Crippen LogP contribution in [-0.2, 0) is 6.18 Å². The maximum Gasteiger partial charge on any atom is 0.417 e. The Morgan fingerprint density at radius 1 is 0.975 bits per heavy atom. The van der Waals surface area contributed by atoms with Gasteiger partial charge < -0.3 is 25.4 Å². The lowest BCUT2D eigenvalue weighted by atomic mass is 10.1. The van der Waals surface area contributed by atoms with Crippen molar-refractivity contribution in [2.75, 3.05) is 6.54 Å². The van der Waals surface area contributed by atoms with E-state index in [4.69, 9.17) is 10.00 Å². The minimum absolute atomic E-state index is 0.0283. The Labute approximate surface area is 226 Å². The average Bonchev–Trinajstić information content (AvgIpc) is 2.95. The number of phenolic OH excluding ortho intramolecular Hbond substituents is 1. The number of aromatic nitrogens is 1. The fraction of sp³-hybridized carbons (Fsp3) is 0.138. The molecule has 40 heavy (non-hydrogen) atoms. The first kappa shape index (κ1) is 28.1. The lowest BCUT2D eigenvalue weighted by Gasteiger charge is -2.19. The van der Waals surface area contributed by atoms with Gasteiger partial charge in [0.15, 0.2) is 0 Å². The zero-order valence-electron chi connectivity index (χ0n) is 20.6. The molecule has 204 valence electrons. The summed E-state index contributed by atoms with van der Waals surface area (Å²) in [6.07, 6.45) is -7.48. The number of halogens is 3. The standard InChI is InChI=1S/C29H22F3N3O5/c30-29(31,32)22-13-12-20(14-18(22)15-33)40-19-10-8-17(9-11-19)23-5-3-6-24(35-23)27(38)26(37)16-34-28(39)21-4-1-2-7-25(21)36/h1-14,26-27,36-38H,16H2,(H,34,39). The van der Waals surface area contributed by atoms with E-state index in [1.165, 1.54) is 24.3 Å². The van der Waals surface area contributed by atoms with Crippen molar-refractivity contribution in [3.63, 3.8) is 0 Å². The molecule has 0 fully saturated rings. The largest absolute Gasteiger partial charge is 0.507 e. The Kier molecular flexibility index (Phi) is 8.33. The predicted molar refractivity (Wildman–Crippen MR) is 137 cm³/mol. The summed E-state index contributed by atoms with van der Waals surface area (Å²) >= 11 is 0. The minimum Gasteiger partial charge on any atom is -0.507 e. The number of ether oxygens (including phenoxy) is 1. The lowest BCUT2D eigenvalue weighted by Crippen LogP contribution is -2.35. The van der Waals surface area contributed by atoms with Crippen molar-refractivity contribution in [2.45, 2.75) is 18.4 Å². The number of hydrogen-bond acceptors (Lipinski definition) is 7. The van der Waals surface area contributed by atoms with Crippen LogP contribution >= 0.6 is 0 Å². The van der Waals surface area contributed by atoms with Crippen LogP contribution in [0.25, 0.3) is 11.3 Å². The van der Waals surface area contributed by atoms with Crippen molar-refractivity contribution in [1.29, 1.82) is 5.26 Å². The fourth-order valence-electron chi connectivity index (χ4n) is 3.80. The Hall–Kier alpha value is -4.92. The van der Waals surface area contributed by atoms with Crippen LogP contribution in [0.15, 0.2) is 84.9 Å². The van der Waals surface area contributed by atoms with Crippen molar-refractivity contribution in [2.24, 2.45) is 0 Å². The molecule has 4 N–H and O–H groups in total. The average molecular weight is 550 g/mol. The SMILES string of the molecule is N#Cc1cc(Oc2ccc(-c3cccc(C(O)C(O)CNC(=O)c4ccccc4O)n3)cc2)ccc1C(F)(F)F. The first-order valence-electron chi connectivity index (χ1n) is 11.9. The lowest BCUT2D eigenvalue weighted by molar-refractivity contribution is -0.137. The molecule has 11 heteroatoms. The molecule has 0 aliphatic rings. The number of aliphatic hydroxyl groups is 2. The van der Waals surface area contributed by atoms with Gasteiger partial charge in [-0.05, 0) is 66.7 Å². The van der Waals surface area contributed by atoms with Crippen molar-refractivity contribution in [3.8, 4) is 34.6 Å². The number of hydrogen-bond donors (Lipinski definition) is 4. The summed E-state index contributed by atoms with van der Waals surface area (Å²) in [6.45, 7) is -0.302. The highest BCUT2D eigenvalue weighted by molar-refractivity contribution is 5.96. The fourth-order valence-corrected chi connectivity index (χ4v) is 3.80. The molecule has 4 rings (SSSR count). The van der Waals surface area contributed by atoms with Crippen LogP contribution in [-0.4, -0.2) is 38.9 Å². The molecule has 0 aliphatic heterocycles. The number of pyridine rings is 1. The third-order valence-electron chi connectivity index (χ3n) is 5.86. The van der Waals surface area contributed by atoms with Crippen molar-refractivity contribution >= 4 is 5.91 Å². The summed E-state index contributed by atoms with van der Waals surface area (Å²) in [5.41, 5.74) is -0.352. The number of nitriles is 1. The summed E-state index contributed by atoms with van der Waals surface area (Å²) in [5.74, 6) is -0.469. The van der Waals surface area contributed by atoms with Gasteiger partial charge in [-0.3, -0.25) is 4.79 Å². The smallest absolute Gasteiger partial charge is 0.417 e. The van der Waals surface area contributed by atoms with Gasteiger partial charge in [0, 0.05) is 12.1 Å². The van der Waals surface area contributed by atoms with Crippen LogP contribution in [0.3, 0.4) is 0 Å². The molecular weight excluding hydrogens is 527 g/mol. The number of benzene rings is 3. The van der Waals surface area contributed by atoms with Gasteiger partial charge in [0.25, 0.3) is 5.91 Å². The van der Waals surface area contributed by atoms with Gasteiger partial charge in [-0.25, -0.2) is 4.98 Å². The molecule has 0 saturated carbocycles. The minimum atomic E-state index is -4.66. The number of rotatable bonds is 8. The van der Waals surface area contributed by atoms with Crippen LogP contribution in [0.4, 0.5) is 13.2 Å². The number of nitrogens with one attached hydrogen (secondary N) is 1. The number of nitrogens with zero attached hydrogens (tertiary/aromatic N) is 2. The third kappa shape index (κ3) is 6.55. The van der Waals surface area contributed by atoms with Gasteiger partial charge in [0.05, 0.1) is 34.1 Å². The summed E-state index contributed by atoms with van der Waals surface area (Å²) in [5, 5.41) is 42.3. The molecule has 0 aliphatic carbocycles. The van der Waals surface area contributed by atoms with Crippen molar-refractivity contribution in [1.82, 2.24) is 10.3 Å². The van der Waals surface area contributed by atoms with E-state index in [-0.39, 0.29) is 29.3 Å². The summed E-state index contributed by atoms with van der Waals surface area (Å²) in [4.78, 5) is 16.6. The second kappa shape index (κ2) is 11.9. The summed E-state index contributed by atoms with van der Waals surface area (Å²) < 4.78 is 44.6. The van der Waals surface area contributed by atoms with E-state index >= 15 is 0 Å². The molecule has 2 unspecified atom stereocenters. The monoisotopic (exact) mass is 549 g/mol. The molecule has 3 aromatic carbocycles. The van der Waals surface area contributed by atoms with Gasteiger partial charge in [0.1, 0.15) is 29.5 Å².